The molecule has 0 saturated heterocycles. The van der Waals surface area contributed by atoms with Gasteiger partial charge in [-0.05, 0) is 23.6 Å². The van der Waals surface area contributed by atoms with Crippen molar-refractivity contribution >= 4 is 49.6 Å². The topological polar surface area (TPSA) is 80.8 Å². The normalized spacial score (nSPS) is 11.8. The lowest BCUT2D eigenvalue weighted by atomic mass is 10.0. The zero-order valence-corrected chi connectivity index (χ0v) is 14.6. The Morgan fingerprint density at radius 2 is 1.89 bits per heavy atom. The van der Waals surface area contributed by atoms with Crippen LogP contribution in [0.3, 0.4) is 0 Å². The van der Waals surface area contributed by atoms with E-state index in [9.17, 15) is 14.9 Å². The van der Waals surface area contributed by atoms with Crippen LogP contribution >= 0.6 is 0 Å². The molecule has 0 unspecified atom stereocenters. The number of fused-ring (bicyclic) bond motifs is 4. The van der Waals surface area contributed by atoms with Gasteiger partial charge in [0.05, 0.1) is 21.3 Å². The van der Waals surface area contributed by atoms with E-state index in [1.165, 1.54) is 12.1 Å². The Kier molecular flexibility index (Phi) is 2.95. The Morgan fingerprint density at radius 1 is 1.07 bits per heavy atom. The van der Waals surface area contributed by atoms with Crippen LogP contribution in [-0.2, 0) is 0 Å². The summed E-state index contributed by atoms with van der Waals surface area (Å²) in [6, 6.07) is 14.2. The van der Waals surface area contributed by atoms with E-state index in [1.807, 2.05) is 49.3 Å². The molecule has 0 bridgehead atoms. The fourth-order valence-corrected chi connectivity index (χ4v) is 3.71. The van der Waals surface area contributed by atoms with Gasteiger partial charge in [0, 0.05) is 42.7 Å². The van der Waals surface area contributed by atoms with Crippen molar-refractivity contribution in [1.29, 1.82) is 0 Å². The van der Waals surface area contributed by atoms with Crippen molar-refractivity contribution in [2.45, 2.75) is 0 Å². The van der Waals surface area contributed by atoms with Gasteiger partial charge in [-0.25, -0.2) is 4.98 Å². The van der Waals surface area contributed by atoms with Gasteiger partial charge >= 0.3 is 0 Å². The van der Waals surface area contributed by atoms with Crippen molar-refractivity contribution in [2.75, 3.05) is 19.0 Å². The Hall–Kier alpha value is -3.74. The number of benzene rings is 3. The molecule has 132 valence electrons. The van der Waals surface area contributed by atoms with Crippen LogP contribution in [0.15, 0.2) is 53.3 Å². The van der Waals surface area contributed by atoms with Crippen molar-refractivity contribution < 1.29 is 4.92 Å². The minimum absolute atomic E-state index is 0.0454. The third-order valence-electron chi connectivity index (χ3n) is 5.00. The first-order valence-corrected chi connectivity index (χ1v) is 8.42. The quantitative estimate of drug-likeness (QED) is 0.356. The zero-order valence-electron chi connectivity index (χ0n) is 14.6. The molecule has 27 heavy (non-hydrogen) atoms. The number of anilines is 1. The van der Waals surface area contributed by atoms with E-state index >= 15 is 0 Å². The highest BCUT2D eigenvalue weighted by atomic mass is 16.6. The summed E-state index contributed by atoms with van der Waals surface area (Å²) in [5.41, 5.74) is 2.24. The SMILES string of the molecule is CN(C)c1cc2cccc3c2c(c1)c(=O)n1c2ccc([N+](=O)[O-])cc2nc31. The molecule has 7 heteroatoms. The Labute approximate surface area is 152 Å². The van der Waals surface area contributed by atoms with Gasteiger partial charge in [0.25, 0.3) is 11.2 Å². The van der Waals surface area contributed by atoms with E-state index in [2.05, 4.69) is 4.98 Å². The number of non-ortho nitro benzene ring substituents is 1. The molecule has 2 heterocycles. The lowest BCUT2D eigenvalue weighted by Crippen LogP contribution is -2.15. The molecule has 0 aliphatic rings. The zero-order chi connectivity index (χ0) is 18.9. The number of nitrogens with zero attached hydrogens (tertiary/aromatic N) is 4. The van der Waals surface area contributed by atoms with Gasteiger partial charge in [-0.3, -0.25) is 19.3 Å². The number of hydrogen-bond donors (Lipinski definition) is 0. The summed E-state index contributed by atoms with van der Waals surface area (Å²) in [6.45, 7) is 0. The third-order valence-corrected chi connectivity index (χ3v) is 5.00. The summed E-state index contributed by atoms with van der Waals surface area (Å²) in [5, 5.41) is 14.4. The van der Waals surface area contributed by atoms with Crippen LogP contribution in [0.25, 0.3) is 38.2 Å². The Morgan fingerprint density at radius 3 is 2.63 bits per heavy atom. The number of aromatic nitrogens is 2. The van der Waals surface area contributed by atoms with Crippen molar-refractivity contribution in [1.82, 2.24) is 9.38 Å². The molecule has 0 fully saturated rings. The van der Waals surface area contributed by atoms with Crippen molar-refractivity contribution in [3.05, 3.63) is 69.0 Å². The number of hydrogen-bond acceptors (Lipinski definition) is 5. The molecule has 2 aromatic heterocycles. The lowest BCUT2D eigenvalue weighted by molar-refractivity contribution is -0.384. The predicted molar refractivity (Wildman–Crippen MR) is 106 cm³/mol. The molecule has 0 radical (unpaired) electrons. The summed E-state index contributed by atoms with van der Waals surface area (Å²) in [4.78, 5) is 30.5. The molecule has 5 aromatic rings. The maximum atomic E-state index is 13.3. The molecule has 0 amide bonds. The van der Waals surface area contributed by atoms with Gasteiger partial charge in [0.15, 0.2) is 0 Å². The third kappa shape index (κ3) is 2.02. The second kappa shape index (κ2) is 5.14. The summed E-state index contributed by atoms with van der Waals surface area (Å²) in [6.07, 6.45) is 0. The van der Waals surface area contributed by atoms with E-state index in [0.717, 1.165) is 21.8 Å². The van der Waals surface area contributed by atoms with Gasteiger partial charge < -0.3 is 4.90 Å². The Balaban J connectivity index is 2.05. The summed E-state index contributed by atoms with van der Waals surface area (Å²) in [7, 11) is 3.87. The summed E-state index contributed by atoms with van der Waals surface area (Å²) < 4.78 is 1.55. The van der Waals surface area contributed by atoms with E-state index in [0.29, 0.717) is 22.1 Å². The largest absolute Gasteiger partial charge is 0.378 e. The van der Waals surface area contributed by atoms with Crippen molar-refractivity contribution in [3.8, 4) is 0 Å². The van der Waals surface area contributed by atoms with Crippen LogP contribution in [0.1, 0.15) is 0 Å². The fourth-order valence-electron chi connectivity index (χ4n) is 3.71. The highest BCUT2D eigenvalue weighted by molar-refractivity contribution is 6.16. The lowest BCUT2D eigenvalue weighted by Gasteiger charge is -2.15. The van der Waals surface area contributed by atoms with Crippen LogP contribution in [0.2, 0.25) is 0 Å². The van der Waals surface area contributed by atoms with Crippen LogP contribution < -0.4 is 10.5 Å². The molecular weight excluding hydrogens is 344 g/mol. The average Bonchev–Trinajstić information content (AvgIpc) is 3.04. The van der Waals surface area contributed by atoms with Crippen LogP contribution in [0.4, 0.5) is 11.4 Å². The van der Waals surface area contributed by atoms with Gasteiger partial charge in [-0.15, -0.1) is 0 Å². The molecule has 5 rings (SSSR count). The van der Waals surface area contributed by atoms with Crippen molar-refractivity contribution in [2.24, 2.45) is 0 Å². The molecule has 0 N–H and O–H groups in total. The highest BCUT2D eigenvalue weighted by Crippen LogP contribution is 2.33. The fraction of sp³-hybridized carbons (Fsp3) is 0.100. The number of imidazole rings is 1. The highest BCUT2D eigenvalue weighted by Gasteiger charge is 2.18. The average molecular weight is 358 g/mol. The summed E-state index contributed by atoms with van der Waals surface area (Å²) >= 11 is 0. The molecule has 7 nitrogen and oxygen atoms in total. The van der Waals surface area contributed by atoms with Crippen LogP contribution in [0.5, 0.6) is 0 Å². The monoisotopic (exact) mass is 358 g/mol. The van der Waals surface area contributed by atoms with Crippen molar-refractivity contribution in [3.63, 3.8) is 0 Å². The second-order valence-corrected chi connectivity index (χ2v) is 6.80. The standard InChI is InChI=1S/C20H14N4O3/c1-22(2)13-8-11-4-3-5-14-18(11)15(9-13)20(25)23-17-7-6-12(24(26)27)10-16(17)21-19(14)23/h3-10H,1-2H3. The van der Waals surface area contributed by atoms with E-state index < -0.39 is 4.92 Å². The van der Waals surface area contributed by atoms with Gasteiger partial charge in [-0.2, -0.15) is 0 Å². The van der Waals surface area contributed by atoms with Gasteiger partial charge in [0.2, 0.25) is 0 Å². The molecule has 0 aliphatic heterocycles. The van der Waals surface area contributed by atoms with Gasteiger partial charge in [-0.1, -0.05) is 18.2 Å². The molecule has 0 spiro atoms. The van der Waals surface area contributed by atoms with E-state index in [4.69, 9.17) is 0 Å². The predicted octanol–water partition coefficient (Wildman–Crippen LogP) is 3.57. The van der Waals surface area contributed by atoms with E-state index in [1.54, 1.807) is 10.5 Å². The number of rotatable bonds is 2. The molecular formula is C20H14N4O3. The number of nitro benzene ring substituents is 1. The smallest absolute Gasteiger partial charge is 0.271 e. The minimum atomic E-state index is -0.460. The maximum Gasteiger partial charge on any atom is 0.271 e. The molecule has 0 aliphatic carbocycles. The first-order valence-electron chi connectivity index (χ1n) is 8.42. The van der Waals surface area contributed by atoms with Crippen LogP contribution in [-0.4, -0.2) is 28.4 Å². The van der Waals surface area contributed by atoms with Crippen LogP contribution in [0, 0.1) is 10.1 Å². The van der Waals surface area contributed by atoms with Gasteiger partial charge in [0.1, 0.15) is 5.65 Å². The van der Waals surface area contributed by atoms with E-state index in [-0.39, 0.29) is 11.2 Å². The first kappa shape index (κ1) is 15.5. The number of nitro groups is 1. The second-order valence-electron chi connectivity index (χ2n) is 6.80. The molecule has 0 saturated carbocycles. The first-order chi connectivity index (χ1) is 13.0. The number of pyridine rings is 1. The maximum absolute atomic E-state index is 13.3. The minimum Gasteiger partial charge on any atom is -0.378 e. The summed E-state index contributed by atoms with van der Waals surface area (Å²) in [5.74, 6) is 0. The Bertz CT molecular complexity index is 1450. The molecule has 0 atom stereocenters. The molecule has 3 aromatic carbocycles.